The molecule has 0 bridgehead atoms. The van der Waals surface area contributed by atoms with Gasteiger partial charge in [-0.2, -0.15) is 0 Å². The Morgan fingerprint density at radius 3 is 2.62 bits per heavy atom. The largest absolute Gasteiger partial charge is 0.496 e. The second-order valence-electron chi connectivity index (χ2n) is 4.85. The minimum absolute atomic E-state index is 0.178. The summed E-state index contributed by atoms with van der Waals surface area (Å²) in [7, 11) is 1.65. The van der Waals surface area contributed by atoms with Gasteiger partial charge in [-0.1, -0.05) is 0 Å². The predicted molar refractivity (Wildman–Crippen MR) is 81.6 cm³/mol. The SMILES string of the molecule is CCOCc1nc(-c2cc(C)c(OC)cc2C)cc(=O)[nH]1. The van der Waals surface area contributed by atoms with Gasteiger partial charge in [-0.05, 0) is 44.0 Å². The standard InChI is InChI=1S/C16H20N2O3/c1-5-21-9-15-17-13(8-16(19)18-15)12-6-11(3)14(20-4)7-10(12)2/h6-8H,5,9H2,1-4H3,(H,17,18,19). The van der Waals surface area contributed by atoms with Crippen LogP contribution in [0.25, 0.3) is 11.3 Å². The highest BCUT2D eigenvalue weighted by Gasteiger charge is 2.10. The Morgan fingerprint density at radius 2 is 1.95 bits per heavy atom. The minimum Gasteiger partial charge on any atom is -0.496 e. The van der Waals surface area contributed by atoms with Crippen molar-refractivity contribution in [2.24, 2.45) is 0 Å². The number of methoxy groups -OCH3 is 1. The summed E-state index contributed by atoms with van der Waals surface area (Å²) < 4.78 is 10.6. The molecule has 0 aliphatic carbocycles. The van der Waals surface area contributed by atoms with Crippen LogP contribution in [0.2, 0.25) is 0 Å². The van der Waals surface area contributed by atoms with E-state index in [1.54, 1.807) is 7.11 Å². The number of nitrogens with zero attached hydrogens (tertiary/aromatic N) is 1. The van der Waals surface area contributed by atoms with Gasteiger partial charge < -0.3 is 14.5 Å². The van der Waals surface area contributed by atoms with Crippen molar-refractivity contribution in [2.45, 2.75) is 27.4 Å². The van der Waals surface area contributed by atoms with Crippen LogP contribution in [0.1, 0.15) is 23.9 Å². The second-order valence-corrected chi connectivity index (χ2v) is 4.85. The Morgan fingerprint density at radius 1 is 1.19 bits per heavy atom. The zero-order valence-corrected chi connectivity index (χ0v) is 12.8. The van der Waals surface area contributed by atoms with Gasteiger partial charge in [0.05, 0.1) is 12.8 Å². The van der Waals surface area contributed by atoms with E-state index in [1.165, 1.54) is 6.07 Å². The quantitative estimate of drug-likeness (QED) is 0.918. The molecule has 0 atom stereocenters. The summed E-state index contributed by atoms with van der Waals surface area (Å²) in [4.78, 5) is 19.0. The molecule has 0 spiro atoms. The van der Waals surface area contributed by atoms with Gasteiger partial charge in [-0.25, -0.2) is 4.98 Å². The molecule has 1 aromatic heterocycles. The van der Waals surface area contributed by atoms with Gasteiger partial charge >= 0.3 is 0 Å². The molecular formula is C16H20N2O3. The first-order valence-corrected chi connectivity index (χ1v) is 6.88. The van der Waals surface area contributed by atoms with Crippen molar-refractivity contribution in [3.05, 3.63) is 45.5 Å². The first kappa shape index (κ1) is 15.3. The molecule has 0 amide bonds. The second kappa shape index (κ2) is 6.54. The van der Waals surface area contributed by atoms with Gasteiger partial charge in [0.15, 0.2) is 0 Å². The van der Waals surface area contributed by atoms with Gasteiger partial charge in [0, 0.05) is 18.2 Å². The summed E-state index contributed by atoms with van der Waals surface area (Å²) in [6, 6.07) is 5.44. The monoisotopic (exact) mass is 288 g/mol. The fraction of sp³-hybridized carbons (Fsp3) is 0.375. The molecule has 21 heavy (non-hydrogen) atoms. The summed E-state index contributed by atoms with van der Waals surface area (Å²) in [5.74, 6) is 1.36. The van der Waals surface area contributed by atoms with Crippen molar-refractivity contribution >= 4 is 0 Å². The maximum absolute atomic E-state index is 11.8. The van der Waals surface area contributed by atoms with E-state index >= 15 is 0 Å². The topological polar surface area (TPSA) is 64.2 Å². The highest BCUT2D eigenvalue weighted by molar-refractivity contribution is 5.66. The Labute approximate surface area is 124 Å². The summed E-state index contributed by atoms with van der Waals surface area (Å²) in [6.45, 7) is 6.72. The Balaban J connectivity index is 2.48. The fourth-order valence-corrected chi connectivity index (χ4v) is 2.20. The predicted octanol–water partition coefficient (Wildman–Crippen LogP) is 2.60. The van der Waals surface area contributed by atoms with Crippen LogP contribution >= 0.6 is 0 Å². The molecule has 2 aromatic rings. The lowest BCUT2D eigenvalue weighted by molar-refractivity contribution is 0.128. The van der Waals surface area contributed by atoms with E-state index in [4.69, 9.17) is 9.47 Å². The third-order valence-electron chi connectivity index (χ3n) is 3.25. The van der Waals surface area contributed by atoms with E-state index in [0.29, 0.717) is 24.7 Å². The van der Waals surface area contributed by atoms with Crippen LogP contribution in [0.5, 0.6) is 5.75 Å². The van der Waals surface area contributed by atoms with Crippen molar-refractivity contribution in [2.75, 3.05) is 13.7 Å². The molecule has 112 valence electrons. The summed E-state index contributed by atoms with van der Waals surface area (Å²) in [6.07, 6.45) is 0. The zero-order chi connectivity index (χ0) is 15.4. The van der Waals surface area contributed by atoms with E-state index < -0.39 is 0 Å². The van der Waals surface area contributed by atoms with Crippen LogP contribution in [0.15, 0.2) is 23.0 Å². The maximum Gasteiger partial charge on any atom is 0.251 e. The fourth-order valence-electron chi connectivity index (χ4n) is 2.20. The first-order valence-electron chi connectivity index (χ1n) is 6.88. The smallest absolute Gasteiger partial charge is 0.251 e. The summed E-state index contributed by atoms with van der Waals surface area (Å²) >= 11 is 0. The van der Waals surface area contributed by atoms with Crippen molar-refractivity contribution in [1.82, 2.24) is 9.97 Å². The Bertz CT molecular complexity index is 692. The average molecular weight is 288 g/mol. The van der Waals surface area contributed by atoms with E-state index in [9.17, 15) is 4.79 Å². The van der Waals surface area contributed by atoms with Crippen LogP contribution in [0.3, 0.4) is 0 Å². The Kier molecular flexibility index (Phi) is 4.75. The van der Waals surface area contributed by atoms with Gasteiger partial charge in [0.1, 0.15) is 18.2 Å². The molecular weight excluding hydrogens is 268 g/mol. The van der Waals surface area contributed by atoms with Crippen LogP contribution in [-0.4, -0.2) is 23.7 Å². The van der Waals surface area contributed by atoms with Gasteiger partial charge in [-0.3, -0.25) is 4.79 Å². The Hall–Kier alpha value is -2.14. The van der Waals surface area contributed by atoms with E-state index in [1.807, 2.05) is 32.9 Å². The highest BCUT2D eigenvalue weighted by atomic mass is 16.5. The summed E-state index contributed by atoms with van der Waals surface area (Å²) in [5, 5.41) is 0. The van der Waals surface area contributed by atoms with Crippen LogP contribution in [0, 0.1) is 13.8 Å². The number of aromatic nitrogens is 2. The van der Waals surface area contributed by atoms with Crippen molar-refractivity contribution in [3.63, 3.8) is 0 Å². The molecule has 5 heteroatoms. The van der Waals surface area contributed by atoms with Crippen LogP contribution < -0.4 is 10.3 Å². The molecule has 0 saturated carbocycles. The van der Waals surface area contributed by atoms with Gasteiger partial charge in [-0.15, -0.1) is 0 Å². The van der Waals surface area contributed by atoms with Crippen molar-refractivity contribution in [3.8, 4) is 17.0 Å². The lowest BCUT2D eigenvalue weighted by atomic mass is 10.0. The van der Waals surface area contributed by atoms with E-state index in [2.05, 4.69) is 9.97 Å². The third-order valence-corrected chi connectivity index (χ3v) is 3.25. The molecule has 2 rings (SSSR count). The molecule has 1 heterocycles. The first-order chi connectivity index (χ1) is 10.0. The van der Waals surface area contributed by atoms with E-state index in [0.717, 1.165) is 22.4 Å². The number of hydrogen-bond donors (Lipinski definition) is 1. The molecule has 0 aliphatic heterocycles. The third kappa shape index (κ3) is 3.49. The zero-order valence-electron chi connectivity index (χ0n) is 12.8. The number of H-pyrrole nitrogens is 1. The number of benzene rings is 1. The number of rotatable bonds is 5. The van der Waals surface area contributed by atoms with Crippen molar-refractivity contribution in [1.29, 1.82) is 0 Å². The van der Waals surface area contributed by atoms with Crippen LogP contribution in [-0.2, 0) is 11.3 Å². The van der Waals surface area contributed by atoms with Gasteiger partial charge in [0.25, 0.3) is 5.56 Å². The molecule has 0 fully saturated rings. The van der Waals surface area contributed by atoms with E-state index in [-0.39, 0.29) is 5.56 Å². The molecule has 0 unspecified atom stereocenters. The molecule has 0 aliphatic rings. The highest BCUT2D eigenvalue weighted by Crippen LogP contribution is 2.28. The van der Waals surface area contributed by atoms with Gasteiger partial charge in [0.2, 0.25) is 0 Å². The number of nitrogens with one attached hydrogen (secondary N) is 1. The molecule has 1 N–H and O–H groups in total. The van der Waals surface area contributed by atoms with Crippen LogP contribution in [0.4, 0.5) is 0 Å². The van der Waals surface area contributed by atoms with Crippen molar-refractivity contribution < 1.29 is 9.47 Å². The lowest BCUT2D eigenvalue weighted by Gasteiger charge is -2.11. The number of aryl methyl sites for hydroxylation is 2. The average Bonchev–Trinajstić information content (AvgIpc) is 2.46. The number of aromatic amines is 1. The molecule has 1 aromatic carbocycles. The summed E-state index contributed by atoms with van der Waals surface area (Å²) in [5.41, 5.74) is 3.42. The normalized spacial score (nSPS) is 10.7. The minimum atomic E-state index is -0.178. The number of ether oxygens (including phenoxy) is 2. The molecule has 5 nitrogen and oxygen atoms in total. The number of hydrogen-bond acceptors (Lipinski definition) is 4. The lowest BCUT2D eigenvalue weighted by Crippen LogP contribution is -2.12. The molecule has 0 saturated heterocycles. The maximum atomic E-state index is 11.8. The molecule has 0 radical (unpaired) electrons.